The summed E-state index contributed by atoms with van der Waals surface area (Å²) in [6, 6.07) is 12.7. The van der Waals surface area contributed by atoms with Crippen LogP contribution in [0.5, 0.6) is 0 Å². The second-order valence-electron chi connectivity index (χ2n) is 7.81. The Morgan fingerprint density at radius 3 is 2.91 bits per heavy atom. The Morgan fingerprint density at radius 1 is 1.31 bits per heavy atom. The lowest BCUT2D eigenvalue weighted by molar-refractivity contribution is 0.0937. The van der Waals surface area contributed by atoms with Crippen molar-refractivity contribution in [3.05, 3.63) is 69.0 Å². The highest BCUT2D eigenvalue weighted by atomic mass is 35.5. The molecule has 1 fully saturated rings. The molecule has 1 aliphatic rings. The van der Waals surface area contributed by atoms with Gasteiger partial charge in [-0.2, -0.15) is 0 Å². The zero-order chi connectivity index (χ0) is 22.5. The fraction of sp³-hybridized carbons (Fsp3) is 0.375. The molecule has 1 N–H and O–H groups in total. The largest absolute Gasteiger partial charge is 0.376 e. The zero-order valence-electron chi connectivity index (χ0n) is 18.0. The third kappa shape index (κ3) is 5.17. The summed E-state index contributed by atoms with van der Waals surface area (Å²) in [5, 5.41) is 4.65. The highest BCUT2D eigenvalue weighted by Crippen LogP contribution is 2.27. The number of amides is 1. The number of nitrogens with one attached hydrogen (secondary N) is 1. The summed E-state index contributed by atoms with van der Waals surface area (Å²) < 4.78 is 7.48. The van der Waals surface area contributed by atoms with Crippen molar-refractivity contribution in [2.45, 2.75) is 49.7 Å². The summed E-state index contributed by atoms with van der Waals surface area (Å²) in [7, 11) is 0. The molecule has 2 aromatic carbocycles. The average molecular weight is 472 g/mol. The standard InChI is InChI=1S/C24H26ClN3O3S/c1-2-11-26-22(29)16-9-10-19-21(13-16)27-24(32-15-17-6-3-4-8-20(17)25)28(23(19)30)14-18-7-5-12-31-18/h3-4,6,8-10,13,18H,2,5,7,11-12,14-15H2,1H3,(H,26,29)/t18-/m0/s1. The van der Waals surface area contributed by atoms with Gasteiger partial charge in [-0.3, -0.25) is 14.2 Å². The number of carbonyl (C=O) groups is 1. The number of carbonyl (C=O) groups excluding carboxylic acids is 1. The molecule has 0 radical (unpaired) electrons. The summed E-state index contributed by atoms with van der Waals surface area (Å²) in [6.07, 6.45) is 2.79. The van der Waals surface area contributed by atoms with Crippen LogP contribution in [0.25, 0.3) is 10.9 Å². The molecule has 3 aromatic rings. The van der Waals surface area contributed by atoms with Crippen LogP contribution < -0.4 is 10.9 Å². The smallest absolute Gasteiger partial charge is 0.262 e. The minimum Gasteiger partial charge on any atom is -0.376 e. The number of halogens is 1. The van der Waals surface area contributed by atoms with Crippen molar-refractivity contribution in [1.29, 1.82) is 0 Å². The molecule has 4 rings (SSSR count). The van der Waals surface area contributed by atoms with E-state index >= 15 is 0 Å². The third-order valence-corrected chi connectivity index (χ3v) is 6.84. The number of fused-ring (bicyclic) bond motifs is 1. The van der Waals surface area contributed by atoms with Gasteiger partial charge in [-0.15, -0.1) is 0 Å². The van der Waals surface area contributed by atoms with Crippen LogP contribution in [0.4, 0.5) is 0 Å². The average Bonchev–Trinajstić information content (AvgIpc) is 3.32. The third-order valence-electron chi connectivity index (χ3n) is 5.44. The van der Waals surface area contributed by atoms with Gasteiger partial charge in [0.2, 0.25) is 0 Å². The lowest BCUT2D eigenvalue weighted by Gasteiger charge is -2.17. The van der Waals surface area contributed by atoms with Crippen LogP contribution in [0, 0.1) is 0 Å². The first-order valence-corrected chi connectivity index (χ1v) is 12.2. The van der Waals surface area contributed by atoms with Gasteiger partial charge < -0.3 is 10.1 Å². The van der Waals surface area contributed by atoms with E-state index in [2.05, 4.69) is 5.32 Å². The predicted molar refractivity (Wildman–Crippen MR) is 129 cm³/mol. The molecule has 1 atom stereocenters. The van der Waals surface area contributed by atoms with Crippen molar-refractivity contribution in [2.24, 2.45) is 0 Å². The molecule has 6 nitrogen and oxygen atoms in total. The van der Waals surface area contributed by atoms with Crippen LogP contribution in [-0.4, -0.2) is 34.7 Å². The molecule has 1 saturated heterocycles. The Balaban J connectivity index is 1.71. The SMILES string of the molecule is CCCNC(=O)c1ccc2c(=O)n(C[C@@H]3CCCO3)c(SCc3ccccc3Cl)nc2c1. The van der Waals surface area contributed by atoms with Crippen molar-refractivity contribution >= 4 is 40.2 Å². The molecule has 2 heterocycles. The Hall–Kier alpha value is -2.35. The zero-order valence-corrected chi connectivity index (χ0v) is 19.5. The fourth-order valence-corrected chi connectivity index (χ4v) is 5.00. The number of aromatic nitrogens is 2. The van der Waals surface area contributed by atoms with E-state index in [-0.39, 0.29) is 17.6 Å². The highest BCUT2D eigenvalue weighted by molar-refractivity contribution is 7.98. The fourth-order valence-electron chi connectivity index (χ4n) is 3.70. The van der Waals surface area contributed by atoms with Crippen LogP contribution >= 0.6 is 23.4 Å². The molecule has 0 saturated carbocycles. The Kier molecular flexibility index (Phi) is 7.50. The van der Waals surface area contributed by atoms with Crippen LogP contribution in [0.2, 0.25) is 5.02 Å². The summed E-state index contributed by atoms with van der Waals surface area (Å²) >= 11 is 7.79. The van der Waals surface area contributed by atoms with Crippen LogP contribution in [0.15, 0.2) is 52.4 Å². The van der Waals surface area contributed by atoms with Gasteiger partial charge >= 0.3 is 0 Å². The minimum absolute atomic E-state index is 0.00529. The number of rotatable bonds is 8. The number of nitrogens with zero attached hydrogens (tertiary/aromatic N) is 2. The quantitative estimate of drug-likeness (QED) is 0.382. The predicted octanol–water partition coefficient (Wildman–Crippen LogP) is 4.66. The van der Waals surface area contributed by atoms with Gasteiger partial charge in [0, 0.05) is 29.5 Å². The van der Waals surface area contributed by atoms with Gasteiger partial charge in [0.1, 0.15) is 0 Å². The highest BCUT2D eigenvalue weighted by Gasteiger charge is 2.21. The van der Waals surface area contributed by atoms with Crippen molar-refractivity contribution < 1.29 is 9.53 Å². The summed E-state index contributed by atoms with van der Waals surface area (Å²) in [5.74, 6) is 0.421. The molecule has 1 aliphatic heterocycles. The van der Waals surface area contributed by atoms with Crippen LogP contribution in [0.3, 0.4) is 0 Å². The first-order chi connectivity index (χ1) is 15.6. The number of thioether (sulfide) groups is 1. The molecule has 8 heteroatoms. The molecule has 1 aromatic heterocycles. The molecule has 0 unspecified atom stereocenters. The molecule has 168 valence electrons. The van der Waals surface area contributed by atoms with Gasteiger partial charge in [-0.25, -0.2) is 4.98 Å². The topological polar surface area (TPSA) is 73.2 Å². The summed E-state index contributed by atoms with van der Waals surface area (Å²) in [6.45, 7) is 3.79. The van der Waals surface area contributed by atoms with Gasteiger partial charge in [-0.05, 0) is 49.1 Å². The maximum Gasteiger partial charge on any atom is 0.262 e. The number of benzene rings is 2. The molecular weight excluding hydrogens is 446 g/mol. The van der Waals surface area contributed by atoms with Crippen molar-refractivity contribution in [2.75, 3.05) is 13.2 Å². The lowest BCUT2D eigenvalue weighted by atomic mass is 10.1. The van der Waals surface area contributed by atoms with E-state index in [1.54, 1.807) is 22.8 Å². The van der Waals surface area contributed by atoms with Crippen LogP contribution in [0.1, 0.15) is 42.1 Å². The Bertz CT molecular complexity index is 1170. The minimum atomic E-state index is -0.163. The summed E-state index contributed by atoms with van der Waals surface area (Å²) in [5.41, 5.74) is 1.87. The Morgan fingerprint density at radius 2 is 2.16 bits per heavy atom. The molecule has 32 heavy (non-hydrogen) atoms. The molecule has 1 amide bonds. The van der Waals surface area contributed by atoms with Gasteiger partial charge in [0.05, 0.1) is 23.6 Å². The van der Waals surface area contributed by atoms with Gasteiger partial charge in [0.15, 0.2) is 5.16 Å². The second kappa shape index (κ2) is 10.5. The molecular formula is C24H26ClN3O3S. The van der Waals surface area contributed by atoms with E-state index in [0.717, 1.165) is 31.4 Å². The molecule has 0 aliphatic carbocycles. The van der Waals surface area contributed by atoms with Gasteiger partial charge in [0.25, 0.3) is 11.5 Å². The van der Waals surface area contributed by atoms with Crippen molar-refractivity contribution in [3.8, 4) is 0 Å². The maximum atomic E-state index is 13.4. The van der Waals surface area contributed by atoms with E-state index in [4.69, 9.17) is 21.3 Å². The normalized spacial score (nSPS) is 15.9. The second-order valence-corrected chi connectivity index (χ2v) is 9.16. The first kappa shape index (κ1) is 22.8. The van der Waals surface area contributed by atoms with Crippen LogP contribution in [-0.2, 0) is 17.0 Å². The Labute approximate surface area is 196 Å². The maximum absolute atomic E-state index is 13.4. The lowest BCUT2D eigenvalue weighted by Crippen LogP contribution is -2.29. The van der Waals surface area contributed by atoms with E-state index in [0.29, 0.717) is 45.5 Å². The van der Waals surface area contributed by atoms with E-state index in [1.807, 2.05) is 31.2 Å². The summed E-state index contributed by atoms with van der Waals surface area (Å²) in [4.78, 5) is 30.6. The van der Waals surface area contributed by atoms with E-state index < -0.39 is 0 Å². The van der Waals surface area contributed by atoms with Crippen molar-refractivity contribution in [3.63, 3.8) is 0 Å². The monoisotopic (exact) mass is 471 g/mol. The van der Waals surface area contributed by atoms with Crippen molar-refractivity contribution in [1.82, 2.24) is 14.9 Å². The van der Waals surface area contributed by atoms with Gasteiger partial charge in [-0.1, -0.05) is 48.5 Å². The number of hydrogen-bond acceptors (Lipinski definition) is 5. The number of hydrogen-bond donors (Lipinski definition) is 1. The molecule has 0 spiro atoms. The van der Waals surface area contributed by atoms with E-state index in [9.17, 15) is 9.59 Å². The first-order valence-electron chi connectivity index (χ1n) is 10.9. The molecule has 0 bridgehead atoms. The van der Waals surface area contributed by atoms with E-state index in [1.165, 1.54) is 11.8 Å². The number of ether oxygens (including phenoxy) is 1.